The maximum atomic E-state index is 13.0. The number of phosphoric ester groups is 1. The summed E-state index contributed by atoms with van der Waals surface area (Å²) in [6.45, 7) is 4.28. The summed E-state index contributed by atoms with van der Waals surface area (Å²) in [5.41, 5.74) is 2.53. The third kappa shape index (κ3) is 8.57. The van der Waals surface area contributed by atoms with Crippen molar-refractivity contribution >= 4 is 13.7 Å². The maximum Gasteiger partial charge on any atom is 0.474 e. The van der Waals surface area contributed by atoms with Gasteiger partial charge in [-0.1, -0.05) is 80.9 Å². The average Bonchev–Trinajstić information content (AvgIpc) is 2.93. The highest BCUT2D eigenvalue weighted by Gasteiger charge is 2.41. The summed E-state index contributed by atoms with van der Waals surface area (Å²) in [5.74, 6) is 0.0289. The molecule has 1 aliphatic carbocycles. The largest absolute Gasteiger partial charge is 0.474 e. The molecule has 0 saturated heterocycles. The Morgan fingerprint density at radius 3 is 1.97 bits per heavy atom. The van der Waals surface area contributed by atoms with Crippen LogP contribution in [-0.2, 0) is 28.3 Å². The van der Waals surface area contributed by atoms with Gasteiger partial charge in [-0.15, -0.1) is 0 Å². The first-order chi connectivity index (χ1) is 17.0. The normalized spacial score (nSPS) is 17.0. The van der Waals surface area contributed by atoms with Gasteiger partial charge in [0.25, 0.3) is 0 Å². The van der Waals surface area contributed by atoms with Crippen molar-refractivity contribution in [2.75, 3.05) is 20.8 Å². The van der Waals surface area contributed by atoms with Crippen LogP contribution in [0.15, 0.2) is 60.7 Å². The van der Waals surface area contributed by atoms with E-state index in [1.54, 1.807) is 7.05 Å². The Balaban J connectivity index is 0.00000210. The molecule has 1 fully saturated rings. The first-order valence-corrected chi connectivity index (χ1v) is 14.3. The number of nitrogens with one attached hydrogen (secondary N) is 1. The van der Waals surface area contributed by atoms with Crippen molar-refractivity contribution in [1.29, 1.82) is 0 Å². The lowest BCUT2D eigenvalue weighted by atomic mass is 9.65. The molecule has 1 aliphatic rings. The highest BCUT2D eigenvalue weighted by atomic mass is 31.2. The second kappa shape index (κ2) is 15.2. The van der Waals surface area contributed by atoms with Crippen LogP contribution in [0.25, 0.3) is 0 Å². The van der Waals surface area contributed by atoms with Gasteiger partial charge in [0.05, 0.1) is 12.7 Å². The van der Waals surface area contributed by atoms with Gasteiger partial charge in [-0.3, -0.25) is 18.4 Å². The summed E-state index contributed by atoms with van der Waals surface area (Å²) in [6, 6.07) is 21.2. The van der Waals surface area contributed by atoms with Crippen molar-refractivity contribution in [3.05, 3.63) is 71.8 Å². The number of rotatable bonds is 12. The van der Waals surface area contributed by atoms with Crippen LogP contribution in [0.1, 0.15) is 76.3 Å². The fourth-order valence-electron chi connectivity index (χ4n) is 4.62. The van der Waals surface area contributed by atoms with E-state index in [1.807, 2.05) is 26.0 Å². The van der Waals surface area contributed by atoms with Gasteiger partial charge in [0.1, 0.15) is 0 Å². The minimum absolute atomic E-state index is 0.0289. The molecule has 1 amide bonds. The Morgan fingerprint density at radius 1 is 0.943 bits per heavy atom. The van der Waals surface area contributed by atoms with Crippen LogP contribution >= 0.6 is 7.82 Å². The first-order valence-electron chi connectivity index (χ1n) is 12.8. The number of carbonyl (C=O) groups is 1. The number of hydrogen-bond acceptors (Lipinski definition) is 5. The average molecular weight is 504 g/mol. The second-order valence-corrected chi connectivity index (χ2v) is 10.3. The van der Waals surface area contributed by atoms with E-state index in [-0.39, 0.29) is 24.0 Å². The predicted octanol–water partition coefficient (Wildman–Crippen LogP) is 7.04. The minimum atomic E-state index is -3.61. The molecule has 1 N–H and O–H groups in total. The second-order valence-electron chi connectivity index (χ2n) is 8.57. The number of benzene rings is 2. The molecule has 2 aromatic carbocycles. The summed E-state index contributed by atoms with van der Waals surface area (Å²) in [5, 5.41) is 2.61. The van der Waals surface area contributed by atoms with E-state index < -0.39 is 7.82 Å². The van der Waals surface area contributed by atoms with E-state index in [1.165, 1.54) is 18.2 Å². The zero-order valence-corrected chi connectivity index (χ0v) is 22.6. The highest BCUT2D eigenvalue weighted by molar-refractivity contribution is 7.48. The molecular weight excluding hydrogens is 461 g/mol. The fraction of sp³-hybridized carbons (Fsp3) is 0.536. The Morgan fingerprint density at radius 2 is 1.49 bits per heavy atom. The molecule has 1 atom stereocenters. The summed E-state index contributed by atoms with van der Waals surface area (Å²) in [4.78, 5) is 11.3. The Labute approximate surface area is 211 Å². The highest BCUT2D eigenvalue weighted by Crippen LogP contribution is 2.53. The van der Waals surface area contributed by atoms with Crippen LogP contribution in [0.4, 0.5) is 0 Å². The van der Waals surface area contributed by atoms with Crippen LogP contribution in [0, 0.1) is 0 Å². The van der Waals surface area contributed by atoms with Gasteiger partial charge >= 0.3 is 7.82 Å². The van der Waals surface area contributed by atoms with Crippen LogP contribution in [0.3, 0.4) is 0 Å². The molecule has 0 aromatic heterocycles. The fourth-order valence-corrected chi connectivity index (χ4v) is 5.80. The third-order valence-electron chi connectivity index (χ3n) is 6.52. The van der Waals surface area contributed by atoms with Crippen molar-refractivity contribution in [2.24, 2.45) is 0 Å². The molecule has 0 aliphatic heterocycles. The van der Waals surface area contributed by atoms with E-state index in [9.17, 15) is 9.36 Å². The molecule has 0 heterocycles. The number of phosphoric acid groups is 1. The van der Waals surface area contributed by atoms with E-state index in [4.69, 9.17) is 13.6 Å². The van der Waals surface area contributed by atoms with Crippen LogP contribution in [0.5, 0.6) is 0 Å². The van der Waals surface area contributed by atoms with Gasteiger partial charge in [0.15, 0.2) is 0 Å². The number of carbonyl (C=O) groups excluding carboxylic acids is 1. The van der Waals surface area contributed by atoms with Gasteiger partial charge in [0, 0.05) is 26.0 Å². The first kappa shape index (κ1) is 29.3. The smallest absolute Gasteiger partial charge is 0.359 e. The van der Waals surface area contributed by atoms with Crippen molar-refractivity contribution in [3.63, 3.8) is 0 Å². The van der Waals surface area contributed by atoms with E-state index in [0.29, 0.717) is 12.8 Å². The topological polar surface area (TPSA) is 73.9 Å². The molecule has 6 nitrogen and oxygen atoms in total. The van der Waals surface area contributed by atoms with Crippen LogP contribution < -0.4 is 5.32 Å². The molecule has 7 heteroatoms. The lowest BCUT2D eigenvalue weighted by Crippen LogP contribution is -2.35. The number of hydrogen-bond donors (Lipinski definition) is 1. The summed E-state index contributed by atoms with van der Waals surface area (Å²) in [7, 11) is -0.607. The number of unbranched alkanes of at least 4 members (excludes halogenated alkanes) is 2. The molecule has 2 aromatic rings. The molecule has 0 spiro atoms. The van der Waals surface area contributed by atoms with E-state index in [0.717, 1.165) is 38.5 Å². The van der Waals surface area contributed by atoms with Crippen molar-refractivity contribution < 1.29 is 22.9 Å². The predicted molar refractivity (Wildman–Crippen MR) is 141 cm³/mol. The molecular formula is C28H42NO5P. The third-order valence-corrected chi connectivity index (χ3v) is 8.02. The van der Waals surface area contributed by atoms with Gasteiger partial charge in [-0.05, 0) is 49.7 Å². The zero-order chi connectivity index (χ0) is 25.6. The van der Waals surface area contributed by atoms with Gasteiger partial charge in [0.2, 0.25) is 5.91 Å². The van der Waals surface area contributed by atoms with E-state index in [2.05, 4.69) is 53.8 Å². The van der Waals surface area contributed by atoms with Gasteiger partial charge in [-0.2, -0.15) is 0 Å². The lowest BCUT2D eigenvalue weighted by Gasteiger charge is -2.41. The SMILES string of the molecule is CC.CNC(=O)CCCCCOP(=O)(OC)OC1CCC(c2ccccc2)(c2ccccc2)CC1. The van der Waals surface area contributed by atoms with Crippen molar-refractivity contribution in [2.45, 2.75) is 76.7 Å². The monoisotopic (exact) mass is 503 g/mol. The van der Waals surface area contributed by atoms with Crippen molar-refractivity contribution in [3.8, 4) is 0 Å². The molecule has 194 valence electrons. The summed E-state index contributed by atoms with van der Waals surface area (Å²) in [6.07, 6.45) is 5.93. The quantitative estimate of drug-likeness (QED) is 0.248. The number of amides is 1. The zero-order valence-electron chi connectivity index (χ0n) is 21.7. The molecule has 1 saturated carbocycles. The maximum absolute atomic E-state index is 13.0. The van der Waals surface area contributed by atoms with Crippen molar-refractivity contribution in [1.82, 2.24) is 5.32 Å². The lowest BCUT2D eigenvalue weighted by molar-refractivity contribution is -0.120. The molecule has 35 heavy (non-hydrogen) atoms. The summed E-state index contributed by atoms with van der Waals surface area (Å²) >= 11 is 0. The Hall–Kier alpha value is -1.98. The minimum Gasteiger partial charge on any atom is -0.359 e. The van der Waals surface area contributed by atoms with E-state index >= 15 is 0 Å². The molecule has 1 unspecified atom stereocenters. The van der Waals surface area contributed by atoms with Crippen LogP contribution in [-0.4, -0.2) is 32.8 Å². The molecule has 3 rings (SSSR count). The van der Waals surface area contributed by atoms with Gasteiger partial charge < -0.3 is 5.32 Å². The summed E-state index contributed by atoms with van der Waals surface area (Å²) < 4.78 is 29.6. The Bertz CT molecular complexity index is 857. The van der Waals surface area contributed by atoms with Gasteiger partial charge in [-0.25, -0.2) is 4.57 Å². The Kier molecular flexibility index (Phi) is 12.7. The molecule has 0 radical (unpaired) electrons. The molecule has 0 bridgehead atoms. The standard InChI is InChI=1S/C26H36NO5P.C2H6/c1-27-25(28)16-10-5-11-21-31-33(29,30-2)32-24-17-19-26(20-18-24,22-12-6-3-7-13-22)23-14-8-4-9-15-23;1-2/h3-4,6-9,12-15,24H,5,10-11,16-21H2,1-2H3,(H,27,28);1-2H3. The van der Waals surface area contributed by atoms with Crippen LogP contribution in [0.2, 0.25) is 0 Å².